The van der Waals surface area contributed by atoms with Gasteiger partial charge in [-0.25, -0.2) is 4.79 Å². The van der Waals surface area contributed by atoms with Crippen LogP contribution in [0.5, 0.6) is 0 Å². The Morgan fingerprint density at radius 1 is 1.06 bits per heavy atom. The van der Waals surface area contributed by atoms with Crippen LogP contribution in [0.4, 0.5) is 4.79 Å². The van der Waals surface area contributed by atoms with E-state index in [-0.39, 0.29) is 24.4 Å². The Labute approximate surface area is 179 Å². The summed E-state index contributed by atoms with van der Waals surface area (Å²) in [4.78, 5) is 44.0. The van der Waals surface area contributed by atoms with E-state index in [1.165, 1.54) is 6.26 Å². The highest BCUT2D eigenvalue weighted by Crippen LogP contribution is 2.17. The lowest BCUT2D eigenvalue weighted by atomic mass is 10.2. The number of aromatic amines is 1. The van der Waals surface area contributed by atoms with Crippen molar-refractivity contribution in [2.75, 3.05) is 26.2 Å². The zero-order valence-corrected chi connectivity index (χ0v) is 17.3. The number of piperazine rings is 1. The van der Waals surface area contributed by atoms with Gasteiger partial charge >= 0.3 is 6.03 Å². The molecule has 9 heteroatoms. The SMILES string of the molecule is C[C@@H](NC(=O)N1CCN(C(=O)c2cc3ccccc3[nH]2)CC1)C(=O)NCc1ccco1. The Bertz CT molecular complexity index is 1030. The molecule has 1 atom stereocenters. The fourth-order valence-electron chi connectivity index (χ4n) is 3.55. The molecule has 1 saturated heterocycles. The average Bonchev–Trinajstić information content (AvgIpc) is 3.46. The molecule has 1 fully saturated rings. The van der Waals surface area contributed by atoms with Gasteiger partial charge in [0.15, 0.2) is 0 Å². The molecule has 0 radical (unpaired) electrons. The van der Waals surface area contributed by atoms with Crippen molar-refractivity contribution in [3.8, 4) is 0 Å². The van der Waals surface area contributed by atoms with E-state index < -0.39 is 6.04 Å². The van der Waals surface area contributed by atoms with Crippen molar-refractivity contribution >= 4 is 28.7 Å². The van der Waals surface area contributed by atoms with E-state index in [4.69, 9.17) is 4.42 Å². The molecule has 4 rings (SSSR count). The van der Waals surface area contributed by atoms with Gasteiger partial charge in [-0.05, 0) is 31.2 Å². The number of fused-ring (bicyclic) bond motifs is 1. The number of amides is 4. The Balaban J connectivity index is 1.25. The number of benzene rings is 1. The highest BCUT2D eigenvalue weighted by Gasteiger charge is 2.27. The Morgan fingerprint density at radius 2 is 1.81 bits per heavy atom. The molecule has 2 aromatic heterocycles. The van der Waals surface area contributed by atoms with Gasteiger partial charge in [0.25, 0.3) is 5.91 Å². The van der Waals surface area contributed by atoms with Crippen molar-refractivity contribution < 1.29 is 18.8 Å². The number of hydrogen-bond donors (Lipinski definition) is 3. The van der Waals surface area contributed by atoms with E-state index >= 15 is 0 Å². The first-order valence-corrected chi connectivity index (χ1v) is 10.2. The van der Waals surface area contributed by atoms with Crippen LogP contribution >= 0.6 is 0 Å². The molecule has 0 aliphatic carbocycles. The molecule has 1 aliphatic rings. The quantitative estimate of drug-likeness (QED) is 0.582. The predicted molar refractivity (Wildman–Crippen MR) is 114 cm³/mol. The number of nitrogens with one attached hydrogen (secondary N) is 3. The number of furan rings is 1. The minimum atomic E-state index is -0.687. The standard InChI is InChI=1S/C22H25N5O4/c1-15(20(28)23-14-17-6-4-12-31-17)24-22(30)27-10-8-26(9-11-27)21(29)19-13-16-5-2-3-7-18(16)25-19/h2-7,12-13,15,25H,8-11,14H2,1H3,(H,23,28)(H,24,30)/t15-/m1/s1. The normalized spacial score (nSPS) is 15.0. The summed E-state index contributed by atoms with van der Waals surface area (Å²) in [5.74, 6) is 0.266. The van der Waals surface area contributed by atoms with E-state index in [1.54, 1.807) is 28.9 Å². The molecular weight excluding hydrogens is 398 g/mol. The van der Waals surface area contributed by atoms with E-state index in [0.29, 0.717) is 37.6 Å². The van der Waals surface area contributed by atoms with E-state index in [9.17, 15) is 14.4 Å². The van der Waals surface area contributed by atoms with Crippen molar-refractivity contribution in [3.05, 3.63) is 60.2 Å². The highest BCUT2D eigenvalue weighted by molar-refractivity contribution is 5.98. The van der Waals surface area contributed by atoms with Gasteiger partial charge in [-0.1, -0.05) is 18.2 Å². The van der Waals surface area contributed by atoms with Crippen LogP contribution < -0.4 is 10.6 Å². The fourth-order valence-corrected chi connectivity index (χ4v) is 3.55. The third-order valence-corrected chi connectivity index (χ3v) is 5.36. The summed E-state index contributed by atoms with van der Waals surface area (Å²) in [7, 11) is 0. The second-order valence-electron chi connectivity index (χ2n) is 7.52. The van der Waals surface area contributed by atoms with Gasteiger partial charge in [0.05, 0.1) is 12.8 Å². The number of H-pyrrole nitrogens is 1. The fraction of sp³-hybridized carbons (Fsp3) is 0.318. The van der Waals surface area contributed by atoms with Crippen LogP contribution in [-0.4, -0.2) is 64.9 Å². The summed E-state index contributed by atoms with van der Waals surface area (Å²) in [6.45, 7) is 3.56. The Hall–Kier alpha value is -3.75. The van der Waals surface area contributed by atoms with Gasteiger partial charge < -0.3 is 29.8 Å². The van der Waals surface area contributed by atoms with Gasteiger partial charge in [0, 0.05) is 37.1 Å². The molecule has 3 N–H and O–H groups in total. The highest BCUT2D eigenvalue weighted by atomic mass is 16.3. The molecule has 0 spiro atoms. The predicted octanol–water partition coefficient (Wildman–Crippen LogP) is 1.93. The van der Waals surface area contributed by atoms with Crippen LogP contribution in [0.3, 0.4) is 0 Å². The summed E-state index contributed by atoms with van der Waals surface area (Å²) in [6, 6.07) is 12.1. The van der Waals surface area contributed by atoms with Gasteiger partial charge in [-0.15, -0.1) is 0 Å². The van der Waals surface area contributed by atoms with Crippen LogP contribution in [-0.2, 0) is 11.3 Å². The first-order chi connectivity index (χ1) is 15.0. The second-order valence-corrected chi connectivity index (χ2v) is 7.52. The molecule has 3 aromatic rings. The Kier molecular flexibility index (Phi) is 5.92. The van der Waals surface area contributed by atoms with E-state index in [2.05, 4.69) is 15.6 Å². The minimum Gasteiger partial charge on any atom is -0.467 e. The number of carbonyl (C=O) groups excluding carboxylic acids is 3. The van der Waals surface area contributed by atoms with Gasteiger partial charge in [-0.2, -0.15) is 0 Å². The van der Waals surface area contributed by atoms with E-state index in [0.717, 1.165) is 10.9 Å². The molecular formula is C22H25N5O4. The summed E-state index contributed by atoms with van der Waals surface area (Å²) in [5, 5.41) is 6.42. The van der Waals surface area contributed by atoms with Crippen molar-refractivity contribution in [1.29, 1.82) is 0 Å². The van der Waals surface area contributed by atoms with Crippen molar-refractivity contribution in [2.24, 2.45) is 0 Å². The zero-order valence-electron chi connectivity index (χ0n) is 17.3. The van der Waals surface area contributed by atoms with Gasteiger partial charge in [0.1, 0.15) is 17.5 Å². The first-order valence-electron chi connectivity index (χ1n) is 10.2. The number of nitrogens with zero attached hydrogens (tertiary/aromatic N) is 2. The lowest BCUT2D eigenvalue weighted by molar-refractivity contribution is -0.122. The van der Waals surface area contributed by atoms with Crippen molar-refractivity contribution in [1.82, 2.24) is 25.4 Å². The Morgan fingerprint density at radius 3 is 2.52 bits per heavy atom. The molecule has 0 saturated carbocycles. The second kappa shape index (κ2) is 8.95. The van der Waals surface area contributed by atoms with E-state index in [1.807, 2.05) is 30.3 Å². The summed E-state index contributed by atoms with van der Waals surface area (Å²) >= 11 is 0. The summed E-state index contributed by atoms with van der Waals surface area (Å²) in [5.41, 5.74) is 1.46. The molecule has 162 valence electrons. The zero-order chi connectivity index (χ0) is 21.8. The molecule has 0 bridgehead atoms. The lowest BCUT2D eigenvalue weighted by Gasteiger charge is -2.35. The summed E-state index contributed by atoms with van der Waals surface area (Å²) < 4.78 is 5.17. The molecule has 4 amide bonds. The van der Waals surface area contributed by atoms with Crippen molar-refractivity contribution in [3.63, 3.8) is 0 Å². The van der Waals surface area contributed by atoms with Crippen LogP contribution in [0, 0.1) is 0 Å². The molecule has 0 unspecified atom stereocenters. The number of carbonyl (C=O) groups is 3. The minimum absolute atomic E-state index is 0.0815. The lowest BCUT2D eigenvalue weighted by Crippen LogP contribution is -2.56. The number of rotatable bonds is 5. The molecule has 9 nitrogen and oxygen atoms in total. The van der Waals surface area contributed by atoms with Crippen molar-refractivity contribution in [2.45, 2.75) is 19.5 Å². The van der Waals surface area contributed by atoms with Gasteiger partial charge in [-0.3, -0.25) is 9.59 Å². The van der Waals surface area contributed by atoms with Crippen LogP contribution in [0.25, 0.3) is 10.9 Å². The first kappa shape index (κ1) is 20.5. The molecule has 1 aliphatic heterocycles. The smallest absolute Gasteiger partial charge is 0.318 e. The monoisotopic (exact) mass is 423 g/mol. The van der Waals surface area contributed by atoms with Crippen LogP contribution in [0.2, 0.25) is 0 Å². The average molecular weight is 423 g/mol. The van der Waals surface area contributed by atoms with Gasteiger partial charge in [0.2, 0.25) is 5.91 Å². The topological polar surface area (TPSA) is 111 Å². The molecule has 3 heterocycles. The number of urea groups is 1. The maximum absolute atomic E-state index is 12.8. The number of para-hydroxylation sites is 1. The summed E-state index contributed by atoms with van der Waals surface area (Å²) in [6.07, 6.45) is 1.54. The number of hydrogen-bond acceptors (Lipinski definition) is 4. The third kappa shape index (κ3) is 4.71. The number of aromatic nitrogens is 1. The molecule has 1 aromatic carbocycles. The van der Waals surface area contributed by atoms with Crippen LogP contribution in [0.15, 0.2) is 53.1 Å². The maximum atomic E-state index is 12.8. The third-order valence-electron chi connectivity index (χ3n) is 5.36. The molecule has 31 heavy (non-hydrogen) atoms. The van der Waals surface area contributed by atoms with Crippen LogP contribution in [0.1, 0.15) is 23.2 Å². The largest absolute Gasteiger partial charge is 0.467 e. The maximum Gasteiger partial charge on any atom is 0.318 e.